The fraction of sp³-hybridized carbons (Fsp3) is 0.769. The molecule has 0 radical (unpaired) electrons. The van der Waals surface area contributed by atoms with Crippen LogP contribution in [0.2, 0.25) is 0 Å². The number of rotatable bonds is 4. The Bertz CT molecular complexity index is 422. The van der Waals surface area contributed by atoms with Gasteiger partial charge in [0.25, 0.3) is 0 Å². The van der Waals surface area contributed by atoms with Crippen LogP contribution in [-0.2, 0) is 14.4 Å². The van der Waals surface area contributed by atoms with Crippen molar-refractivity contribution >= 4 is 17.7 Å². The second kappa shape index (κ2) is 4.30. The van der Waals surface area contributed by atoms with Crippen molar-refractivity contribution in [3.05, 3.63) is 0 Å². The van der Waals surface area contributed by atoms with E-state index in [-0.39, 0.29) is 43.5 Å². The maximum absolute atomic E-state index is 11.9. The van der Waals surface area contributed by atoms with Crippen molar-refractivity contribution in [1.82, 2.24) is 9.80 Å². The topological polar surface area (TPSA) is 77.9 Å². The Balaban J connectivity index is 1.45. The average molecular weight is 266 g/mol. The van der Waals surface area contributed by atoms with Gasteiger partial charge in [0.05, 0.1) is 13.1 Å². The van der Waals surface area contributed by atoms with Crippen LogP contribution in [0, 0.1) is 5.92 Å². The Labute approximate surface area is 111 Å². The van der Waals surface area contributed by atoms with E-state index in [0.717, 1.165) is 12.8 Å². The summed E-state index contributed by atoms with van der Waals surface area (Å²) in [5.74, 6) is -0.0945. The van der Waals surface area contributed by atoms with E-state index in [1.54, 1.807) is 4.90 Å². The number of hydrogen-bond donors (Lipinski definition) is 1. The van der Waals surface area contributed by atoms with Crippen molar-refractivity contribution < 1.29 is 19.5 Å². The Morgan fingerprint density at radius 2 is 1.79 bits per heavy atom. The van der Waals surface area contributed by atoms with E-state index in [0.29, 0.717) is 19.0 Å². The summed E-state index contributed by atoms with van der Waals surface area (Å²) in [5, 5.41) is 10.1. The summed E-state index contributed by atoms with van der Waals surface area (Å²) < 4.78 is 0. The molecule has 6 heteroatoms. The number of nitrogens with zero attached hydrogens (tertiary/aromatic N) is 2. The molecular weight excluding hydrogens is 248 g/mol. The highest BCUT2D eigenvalue weighted by Gasteiger charge is 2.53. The summed E-state index contributed by atoms with van der Waals surface area (Å²) in [6.07, 6.45) is 2.79. The molecular formula is C13H18N2O4. The van der Waals surface area contributed by atoms with Crippen LogP contribution in [0.5, 0.6) is 0 Å². The zero-order valence-corrected chi connectivity index (χ0v) is 10.8. The molecule has 2 heterocycles. The van der Waals surface area contributed by atoms with E-state index in [1.165, 1.54) is 4.90 Å². The summed E-state index contributed by atoms with van der Waals surface area (Å²) >= 11 is 0. The number of carbonyl (C=O) groups excluding carboxylic acids is 3. The number of aliphatic hydroxyl groups is 1. The lowest BCUT2D eigenvalue weighted by atomic mass is 9.88. The van der Waals surface area contributed by atoms with Crippen LogP contribution in [0.3, 0.4) is 0 Å². The van der Waals surface area contributed by atoms with Crippen molar-refractivity contribution in [3.8, 4) is 0 Å². The number of carbonyl (C=O) groups is 3. The van der Waals surface area contributed by atoms with Crippen LogP contribution >= 0.6 is 0 Å². The first-order chi connectivity index (χ1) is 8.99. The zero-order chi connectivity index (χ0) is 13.6. The molecule has 0 spiro atoms. The highest BCUT2D eigenvalue weighted by atomic mass is 16.3. The van der Waals surface area contributed by atoms with Crippen LogP contribution in [0.1, 0.15) is 32.1 Å². The monoisotopic (exact) mass is 266 g/mol. The van der Waals surface area contributed by atoms with E-state index >= 15 is 0 Å². The summed E-state index contributed by atoms with van der Waals surface area (Å²) in [4.78, 5) is 37.5. The van der Waals surface area contributed by atoms with Gasteiger partial charge in [0.1, 0.15) is 5.60 Å². The van der Waals surface area contributed by atoms with E-state index in [4.69, 9.17) is 0 Å². The Hall–Kier alpha value is -1.43. The molecule has 0 atom stereocenters. The number of likely N-dealkylation sites (tertiary alicyclic amines) is 2. The average Bonchev–Trinajstić information content (AvgIpc) is 3.12. The van der Waals surface area contributed by atoms with Crippen molar-refractivity contribution in [2.45, 2.75) is 37.7 Å². The fourth-order valence-electron chi connectivity index (χ4n) is 2.91. The molecule has 3 amide bonds. The molecule has 3 fully saturated rings. The normalized spacial score (nSPS) is 25.7. The number of imide groups is 1. The summed E-state index contributed by atoms with van der Waals surface area (Å²) in [6, 6.07) is 0. The van der Waals surface area contributed by atoms with Crippen molar-refractivity contribution in [2.24, 2.45) is 5.92 Å². The molecule has 0 unspecified atom stereocenters. The van der Waals surface area contributed by atoms with Crippen LogP contribution in [0.4, 0.5) is 0 Å². The van der Waals surface area contributed by atoms with Gasteiger partial charge < -0.3 is 10.0 Å². The number of amides is 3. The SMILES string of the molecule is O=C(CCN1C(=O)CCC1=O)N1CC(O)(C2CC2)C1. The Kier molecular flexibility index (Phi) is 2.85. The summed E-state index contributed by atoms with van der Waals surface area (Å²) in [6.45, 7) is 0.978. The van der Waals surface area contributed by atoms with E-state index in [1.807, 2.05) is 0 Å². The predicted octanol–water partition coefficient (Wildman–Crippen LogP) is -0.491. The van der Waals surface area contributed by atoms with Gasteiger partial charge >= 0.3 is 0 Å². The summed E-state index contributed by atoms with van der Waals surface area (Å²) in [5.41, 5.74) is -0.672. The molecule has 19 heavy (non-hydrogen) atoms. The zero-order valence-electron chi connectivity index (χ0n) is 10.8. The lowest BCUT2D eigenvalue weighted by molar-refractivity contribution is -0.159. The Morgan fingerprint density at radius 3 is 2.32 bits per heavy atom. The van der Waals surface area contributed by atoms with Gasteiger partial charge in [0, 0.05) is 25.8 Å². The molecule has 2 saturated heterocycles. The van der Waals surface area contributed by atoms with Crippen LogP contribution in [-0.4, -0.2) is 57.9 Å². The second-order valence-corrected chi connectivity index (χ2v) is 5.82. The standard InChI is InChI=1S/C13H18N2O4/c16-10(5-6-15-11(17)3-4-12(15)18)14-7-13(19,8-14)9-1-2-9/h9,19H,1-8H2. The molecule has 3 rings (SSSR count). The van der Waals surface area contributed by atoms with Crippen LogP contribution < -0.4 is 0 Å². The lowest BCUT2D eigenvalue weighted by Gasteiger charge is -2.47. The predicted molar refractivity (Wildman–Crippen MR) is 64.8 cm³/mol. The van der Waals surface area contributed by atoms with Gasteiger partial charge in [-0.15, -0.1) is 0 Å². The minimum absolute atomic E-state index is 0.0853. The van der Waals surface area contributed by atoms with Gasteiger partial charge in [-0.3, -0.25) is 19.3 Å². The molecule has 0 aromatic heterocycles. The molecule has 3 aliphatic rings. The highest BCUT2D eigenvalue weighted by molar-refractivity contribution is 6.02. The fourth-order valence-corrected chi connectivity index (χ4v) is 2.91. The quantitative estimate of drug-likeness (QED) is 0.696. The maximum atomic E-state index is 11.9. The maximum Gasteiger partial charge on any atom is 0.229 e. The first-order valence-corrected chi connectivity index (χ1v) is 6.83. The van der Waals surface area contributed by atoms with Crippen LogP contribution in [0.15, 0.2) is 0 Å². The van der Waals surface area contributed by atoms with E-state index in [2.05, 4.69) is 0 Å². The van der Waals surface area contributed by atoms with Gasteiger partial charge in [0.2, 0.25) is 17.7 Å². The first kappa shape index (κ1) is 12.6. The minimum Gasteiger partial charge on any atom is -0.386 e. The highest BCUT2D eigenvalue weighted by Crippen LogP contribution is 2.44. The molecule has 0 aromatic rings. The van der Waals surface area contributed by atoms with Gasteiger partial charge in [-0.1, -0.05) is 0 Å². The molecule has 1 aliphatic carbocycles. The van der Waals surface area contributed by atoms with Crippen molar-refractivity contribution in [2.75, 3.05) is 19.6 Å². The smallest absolute Gasteiger partial charge is 0.229 e. The Morgan fingerprint density at radius 1 is 1.21 bits per heavy atom. The van der Waals surface area contributed by atoms with Crippen molar-refractivity contribution in [3.63, 3.8) is 0 Å². The molecule has 1 saturated carbocycles. The van der Waals surface area contributed by atoms with E-state index < -0.39 is 5.60 Å². The number of β-amino-alcohol motifs (C(OH)–C–C–N with tert-alkyl or cyclic N) is 1. The molecule has 1 N–H and O–H groups in total. The third-order valence-electron chi connectivity index (χ3n) is 4.32. The summed E-state index contributed by atoms with van der Waals surface area (Å²) in [7, 11) is 0. The van der Waals surface area contributed by atoms with Crippen LogP contribution in [0.25, 0.3) is 0 Å². The second-order valence-electron chi connectivity index (χ2n) is 5.82. The first-order valence-electron chi connectivity index (χ1n) is 6.83. The minimum atomic E-state index is -0.672. The third-order valence-corrected chi connectivity index (χ3v) is 4.32. The third kappa shape index (κ3) is 2.25. The molecule has 6 nitrogen and oxygen atoms in total. The van der Waals surface area contributed by atoms with E-state index in [9.17, 15) is 19.5 Å². The molecule has 0 bridgehead atoms. The van der Waals surface area contributed by atoms with Crippen molar-refractivity contribution in [1.29, 1.82) is 0 Å². The largest absolute Gasteiger partial charge is 0.386 e. The molecule has 104 valence electrons. The van der Waals surface area contributed by atoms with Gasteiger partial charge in [0.15, 0.2) is 0 Å². The van der Waals surface area contributed by atoms with Gasteiger partial charge in [-0.2, -0.15) is 0 Å². The molecule has 0 aromatic carbocycles. The lowest BCUT2D eigenvalue weighted by Crippen LogP contribution is -2.64. The van der Waals surface area contributed by atoms with Gasteiger partial charge in [-0.05, 0) is 18.8 Å². The van der Waals surface area contributed by atoms with Gasteiger partial charge in [-0.25, -0.2) is 0 Å². The molecule has 2 aliphatic heterocycles. The number of hydrogen-bond acceptors (Lipinski definition) is 4.